The summed E-state index contributed by atoms with van der Waals surface area (Å²) >= 11 is 3.16. The smallest absolute Gasteiger partial charge is 0.223 e. The number of thiazole rings is 1. The lowest BCUT2D eigenvalue weighted by Gasteiger charge is -2.34. The largest absolute Gasteiger partial charge is 0.497 e. The van der Waals surface area contributed by atoms with Gasteiger partial charge in [-0.05, 0) is 42.5 Å². The summed E-state index contributed by atoms with van der Waals surface area (Å²) in [6, 6.07) is 12.9. The van der Waals surface area contributed by atoms with Crippen LogP contribution in [0.4, 0.5) is 5.13 Å². The van der Waals surface area contributed by atoms with E-state index in [4.69, 9.17) is 4.74 Å². The summed E-state index contributed by atoms with van der Waals surface area (Å²) in [5, 5.41) is 0.868. The Bertz CT molecular complexity index is 1200. The van der Waals surface area contributed by atoms with Gasteiger partial charge in [-0.3, -0.25) is 4.79 Å². The van der Waals surface area contributed by atoms with E-state index in [1.165, 1.54) is 17.6 Å². The average molecular weight is 492 g/mol. The van der Waals surface area contributed by atoms with E-state index in [9.17, 15) is 13.2 Å². The van der Waals surface area contributed by atoms with Gasteiger partial charge in [-0.2, -0.15) is 0 Å². The van der Waals surface area contributed by atoms with Crippen molar-refractivity contribution in [3.8, 4) is 5.75 Å². The zero-order chi connectivity index (χ0) is 22.7. The van der Waals surface area contributed by atoms with E-state index in [1.807, 2.05) is 29.2 Å². The number of fused-ring (bicyclic) bond motifs is 1. The fraction of sp³-hybridized carbons (Fsp3) is 0.364. The van der Waals surface area contributed by atoms with Gasteiger partial charge in [0.1, 0.15) is 5.75 Å². The lowest BCUT2D eigenvalue weighted by Crippen LogP contribution is -2.48. The molecule has 0 aliphatic carbocycles. The molecule has 4 rings (SSSR count). The summed E-state index contributed by atoms with van der Waals surface area (Å²) in [6.45, 7) is 2.76. The van der Waals surface area contributed by atoms with Gasteiger partial charge >= 0.3 is 0 Å². The van der Waals surface area contributed by atoms with Gasteiger partial charge in [0, 0.05) is 49.5 Å². The van der Waals surface area contributed by atoms with Crippen molar-refractivity contribution < 1.29 is 17.9 Å². The summed E-state index contributed by atoms with van der Waals surface area (Å²) in [6.07, 6.45) is 1.72. The molecule has 0 atom stereocenters. The molecule has 0 N–H and O–H groups in total. The third kappa shape index (κ3) is 5.36. The summed E-state index contributed by atoms with van der Waals surface area (Å²) in [7, 11) is -1.60. The normalized spacial score (nSPS) is 14.7. The van der Waals surface area contributed by atoms with Gasteiger partial charge in [0.25, 0.3) is 0 Å². The van der Waals surface area contributed by atoms with Crippen molar-refractivity contribution >= 4 is 54.2 Å². The number of sulfone groups is 1. The molecule has 0 bridgehead atoms. The second-order valence-electron chi connectivity index (χ2n) is 7.54. The molecule has 1 aliphatic rings. The van der Waals surface area contributed by atoms with E-state index >= 15 is 0 Å². The van der Waals surface area contributed by atoms with Gasteiger partial charge in [-0.25, -0.2) is 13.4 Å². The number of carbonyl (C=O) groups excluding carboxylic acids is 1. The first-order valence-corrected chi connectivity index (χ1v) is 13.9. The SMILES string of the molecule is COc1ccc(SCCC(=O)N2CCN(c3nc4ccc(S(C)(=O)=O)cc4s3)CC2)cc1. The van der Waals surface area contributed by atoms with Crippen LogP contribution in [0.15, 0.2) is 52.3 Å². The second kappa shape index (κ2) is 9.68. The molecular formula is C22H25N3O4S3. The Morgan fingerprint density at radius 3 is 2.50 bits per heavy atom. The van der Waals surface area contributed by atoms with Gasteiger partial charge in [0.05, 0.1) is 22.2 Å². The number of thioether (sulfide) groups is 1. The topological polar surface area (TPSA) is 79.8 Å². The number of carbonyl (C=O) groups is 1. The number of amides is 1. The molecule has 1 aliphatic heterocycles. The molecule has 0 spiro atoms. The zero-order valence-corrected chi connectivity index (χ0v) is 20.4. The van der Waals surface area contributed by atoms with E-state index in [1.54, 1.807) is 37.1 Å². The van der Waals surface area contributed by atoms with E-state index in [0.717, 1.165) is 44.8 Å². The molecular weight excluding hydrogens is 466 g/mol. The van der Waals surface area contributed by atoms with Crippen LogP contribution in [0.3, 0.4) is 0 Å². The van der Waals surface area contributed by atoms with Gasteiger partial charge in [0.2, 0.25) is 5.91 Å². The van der Waals surface area contributed by atoms with Gasteiger partial charge in [-0.15, -0.1) is 11.8 Å². The molecule has 1 aromatic heterocycles. The first-order valence-electron chi connectivity index (χ1n) is 10.2. The highest BCUT2D eigenvalue weighted by Crippen LogP contribution is 2.31. The monoisotopic (exact) mass is 491 g/mol. The van der Waals surface area contributed by atoms with Crippen molar-refractivity contribution in [2.24, 2.45) is 0 Å². The third-order valence-corrected chi connectivity index (χ3v) is 8.53. The quantitative estimate of drug-likeness (QED) is 0.468. The first-order chi connectivity index (χ1) is 15.3. The van der Waals surface area contributed by atoms with Crippen LogP contribution in [-0.2, 0) is 14.6 Å². The molecule has 2 aromatic carbocycles. The summed E-state index contributed by atoms with van der Waals surface area (Å²) in [5.41, 5.74) is 0.798. The van der Waals surface area contributed by atoms with Crippen molar-refractivity contribution in [2.75, 3.05) is 50.2 Å². The Morgan fingerprint density at radius 1 is 1.12 bits per heavy atom. The number of rotatable bonds is 7. The number of anilines is 1. The Kier molecular flexibility index (Phi) is 6.92. The lowest BCUT2D eigenvalue weighted by molar-refractivity contribution is -0.131. The highest BCUT2D eigenvalue weighted by molar-refractivity contribution is 7.99. The van der Waals surface area contributed by atoms with Gasteiger partial charge in [-0.1, -0.05) is 11.3 Å². The molecule has 2 heterocycles. The predicted molar refractivity (Wildman–Crippen MR) is 130 cm³/mol. The summed E-state index contributed by atoms with van der Waals surface area (Å²) in [4.78, 5) is 22.8. The van der Waals surface area contributed by atoms with Crippen LogP contribution >= 0.6 is 23.1 Å². The summed E-state index contributed by atoms with van der Waals surface area (Å²) < 4.78 is 29.6. The molecule has 170 valence electrons. The Hall–Kier alpha value is -2.30. The van der Waals surface area contributed by atoms with Crippen LogP contribution in [0.25, 0.3) is 10.2 Å². The van der Waals surface area contributed by atoms with E-state index in [-0.39, 0.29) is 5.91 Å². The molecule has 1 amide bonds. The molecule has 7 nitrogen and oxygen atoms in total. The molecule has 10 heteroatoms. The van der Waals surface area contributed by atoms with Crippen LogP contribution in [0.1, 0.15) is 6.42 Å². The number of hydrogen-bond acceptors (Lipinski definition) is 8. The number of aromatic nitrogens is 1. The molecule has 0 radical (unpaired) electrons. The van der Waals surface area contributed by atoms with Gasteiger partial charge < -0.3 is 14.5 Å². The summed E-state index contributed by atoms with van der Waals surface area (Å²) in [5.74, 6) is 1.74. The fourth-order valence-corrected chi connectivity index (χ4v) is 6.11. The average Bonchev–Trinajstić information content (AvgIpc) is 3.22. The minimum absolute atomic E-state index is 0.174. The van der Waals surface area contributed by atoms with Crippen molar-refractivity contribution in [1.82, 2.24) is 9.88 Å². The highest BCUT2D eigenvalue weighted by atomic mass is 32.2. The maximum Gasteiger partial charge on any atom is 0.223 e. The van der Waals surface area contributed by atoms with Gasteiger partial charge in [0.15, 0.2) is 15.0 Å². The maximum atomic E-state index is 12.6. The van der Waals surface area contributed by atoms with Crippen LogP contribution < -0.4 is 9.64 Å². The molecule has 32 heavy (non-hydrogen) atoms. The van der Waals surface area contributed by atoms with Crippen molar-refractivity contribution in [3.05, 3.63) is 42.5 Å². The molecule has 1 saturated heterocycles. The maximum absolute atomic E-state index is 12.6. The molecule has 0 unspecified atom stereocenters. The predicted octanol–water partition coefficient (Wildman–Crippen LogP) is 3.54. The van der Waals surface area contributed by atoms with Crippen LogP contribution in [0, 0.1) is 0 Å². The molecule has 0 saturated carbocycles. The molecule has 3 aromatic rings. The first kappa shape index (κ1) is 22.9. The number of ether oxygens (including phenoxy) is 1. The molecule has 1 fully saturated rings. The Morgan fingerprint density at radius 2 is 1.84 bits per heavy atom. The second-order valence-corrected chi connectivity index (χ2v) is 11.7. The minimum Gasteiger partial charge on any atom is -0.497 e. The van der Waals surface area contributed by atoms with Crippen LogP contribution in [-0.4, -0.2) is 69.5 Å². The Labute approximate surface area is 196 Å². The van der Waals surface area contributed by atoms with E-state index < -0.39 is 9.84 Å². The number of benzene rings is 2. The van der Waals surface area contributed by atoms with Crippen LogP contribution in [0.5, 0.6) is 5.75 Å². The Balaban J connectivity index is 1.29. The number of methoxy groups -OCH3 is 1. The number of piperazine rings is 1. The third-order valence-electron chi connectivity index (χ3n) is 5.32. The number of hydrogen-bond donors (Lipinski definition) is 0. The van der Waals surface area contributed by atoms with Crippen molar-refractivity contribution in [2.45, 2.75) is 16.2 Å². The zero-order valence-electron chi connectivity index (χ0n) is 18.0. The van der Waals surface area contributed by atoms with E-state index in [0.29, 0.717) is 24.4 Å². The van der Waals surface area contributed by atoms with Crippen LogP contribution in [0.2, 0.25) is 0 Å². The standard InChI is InChI=1S/C22H25N3O4S3/c1-29-16-3-5-17(6-4-16)30-14-9-21(26)24-10-12-25(13-11-24)22-23-19-8-7-18(32(2,27)28)15-20(19)31-22/h3-8,15H,9-14H2,1-2H3. The number of nitrogens with zero attached hydrogens (tertiary/aromatic N) is 3. The van der Waals surface area contributed by atoms with Crippen molar-refractivity contribution in [1.29, 1.82) is 0 Å². The fourth-order valence-electron chi connectivity index (χ4n) is 3.49. The lowest BCUT2D eigenvalue weighted by atomic mass is 10.3. The minimum atomic E-state index is -3.24. The van der Waals surface area contributed by atoms with Crippen molar-refractivity contribution in [3.63, 3.8) is 0 Å². The van der Waals surface area contributed by atoms with E-state index in [2.05, 4.69) is 9.88 Å². The highest BCUT2D eigenvalue weighted by Gasteiger charge is 2.23.